The standard InChI is InChI=1S/C15H12Br2N2O/c1-18-15(14-11(17)7-10(16)8-19-14)13-6-9-4-2-3-5-12(9)20-13/h2-8,15,18H,1H3. The topological polar surface area (TPSA) is 38.1 Å². The van der Waals surface area contributed by atoms with Gasteiger partial charge in [-0.1, -0.05) is 18.2 Å². The first-order valence-corrected chi connectivity index (χ1v) is 7.74. The van der Waals surface area contributed by atoms with Crippen molar-refractivity contribution < 1.29 is 4.42 Å². The summed E-state index contributed by atoms with van der Waals surface area (Å²) in [4.78, 5) is 4.48. The zero-order valence-electron chi connectivity index (χ0n) is 10.7. The lowest BCUT2D eigenvalue weighted by Gasteiger charge is -2.14. The molecular weight excluding hydrogens is 384 g/mol. The maximum Gasteiger partial charge on any atom is 0.134 e. The first-order valence-electron chi connectivity index (χ1n) is 6.15. The molecule has 2 aromatic heterocycles. The maximum absolute atomic E-state index is 5.93. The molecule has 0 aliphatic rings. The molecule has 1 unspecified atom stereocenters. The summed E-state index contributed by atoms with van der Waals surface area (Å²) in [6.45, 7) is 0. The Hall–Kier alpha value is -1.17. The van der Waals surface area contributed by atoms with Crippen molar-refractivity contribution in [1.29, 1.82) is 0 Å². The van der Waals surface area contributed by atoms with E-state index in [1.54, 1.807) is 6.20 Å². The molecule has 0 spiro atoms. The number of aromatic nitrogens is 1. The molecule has 3 rings (SSSR count). The molecule has 20 heavy (non-hydrogen) atoms. The Morgan fingerprint density at radius 3 is 2.70 bits per heavy atom. The van der Waals surface area contributed by atoms with Crippen LogP contribution in [0.25, 0.3) is 11.0 Å². The normalized spacial score (nSPS) is 12.8. The van der Waals surface area contributed by atoms with E-state index in [1.807, 2.05) is 43.4 Å². The first kappa shape index (κ1) is 13.8. The van der Waals surface area contributed by atoms with E-state index in [1.165, 1.54) is 0 Å². The quantitative estimate of drug-likeness (QED) is 0.700. The highest BCUT2D eigenvalue weighted by Gasteiger charge is 2.20. The van der Waals surface area contributed by atoms with E-state index in [0.29, 0.717) is 0 Å². The molecule has 0 aliphatic heterocycles. The van der Waals surface area contributed by atoms with Gasteiger partial charge in [0.1, 0.15) is 17.4 Å². The van der Waals surface area contributed by atoms with Crippen molar-refractivity contribution in [3.05, 3.63) is 63.0 Å². The van der Waals surface area contributed by atoms with Crippen LogP contribution in [0.4, 0.5) is 0 Å². The average Bonchev–Trinajstić information content (AvgIpc) is 2.85. The van der Waals surface area contributed by atoms with Gasteiger partial charge in [-0.3, -0.25) is 4.98 Å². The van der Waals surface area contributed by atoms with Gasteiger partial charge >= 0.3 is 0 Å². The van der Waals surface area contributed by atoms with Gasteiger partial charge < -0.3 is 9.73 Å². The molecule has 0 aliphatic carbocycles. The van der Waals surface area contributed by atoms with E-state index in [0.717, 1.165) is 31.4 Å². The smallest absolute Gasteiger partial charge is 0.134 e. The predicted octanol–water partition coefficient (Wildman–Crippen LogP) is 4.66. The highest BCUT2D eigenvalue weighted by Crippen LogP contribution is 2.31. The number of nitrogens with zero attached hydrogens (tertiary/aromatic N) is 1. The summed E-state index contributed by atoms with van der Waals surface area (Å²) in [5.41, 5.74) is 1.78. The Bertz CT molecular complexity index is 721. The maximum atomic E-state index is 5.93. The first-order chi connectivity index (χ1) is 9.69. The summed E-state index contributed by atoms with van der Waals surface area (Å²) in [6, 6.07) is 11.9. The molecule has 1 N–H and O–H groups in total. The zero-order chi connectivity index (χ0) is 14.1. The Labute approximate surface area is 133 Å². The number of hydrogen-bond donors (Lipinski definition) is 1. The van der Waals surface area contributed by atoms with E-state index in [4.69, 9.17) is 4.42 Å². The molecule has 1 atom stereocenters. The summed E-state index contributed by atoms with van der Waals surface area (Å²) in [5.74, 6) is 0.851. The largest absolute Gasteiger partial charge is 0.459 e. The third-order valence-electron chi connectivity index (χ3n) is 3.13. The second kappa shape index (κ2) is 5.68. The van der Waals surface area contributed by atoms with Crippen LogP contribution in [0.5, 0.6) is 0 Å². The predicted molar refractivity (Wildman–Crippen MR) is 86.8 cm³/mol. The van der Waals surface area contributed by atoms with Gasteiger partial charge in [-0.2, -0.15) is 0 Å². The molecule has 5 heteroatoms. The van der Waals surface area contributed by atoms with Crippen molar-refractivity contribution in [2.75, 3.05) is 7.05 Å². The van der Waals surface area contributed by atoms with Crippen LogP contribution in [0, 0.1) is 0 Å². The van der Waals surface area contributed by atoms with Gasteiger partial charge in [0.15, 0.2) is 0 Å². The second-order valence-electron chi connectivity index (χ2n) is 4.43. The molecule has 0 saturated heterocycles. The summed E-state index contributed by atoms with van der Waals surface area (Å²) in [5, 5.41) is 4.35. The van der Waals surface area contributed by atoms with E-state index in [9.17, 15) is 0 Å². The Balaban J connectivity index is 2.08. The van der Waals surface area contributed by atoms with Crippen LogP contribution in [-0.4, -0.2) is 12.0 Å². The highest BCUT2D eigenvalue weighted by atomic mass is 79.9. The van der Waals surface area contributed by atoms with E-state index in [-0.39, 0.29) is 6.04 Å². The SMILES string of the molecule is CNC(c1cc2ccccc2o1)c1ncc(Br)cc1Br. The van der Waals surface area contributed by atoms with Crippen molar-refractivity contribution in [2.24, 2.45) is 0 Å². The molecule has 102 valence electrons. The van der Waals surface area contributed by atoms with Crippen LogP contribution in [0.15, 0.2) is 56.0 Å². The van der Waals surface area contributed by atoms with Crippen molar-refractivity contribution in [3.8, 4) is 0 Å². The minimum Gasteiger partial charge on any atom is -0.459 e. The molecule has 2 heterocycles. The fraction of sp³-hybridized carbons (Fsp3) is 0.133. The van der Waals surface area contributed by atoms with Crippen LogP contribution >= 0.6 is 31.9 Å². The lowest BCUT2D eigenvalue weighted by atomic mass is 10.1. The number of halogens is 2. The van der Waals surface area contributed by atoms with Gasteiger partial charge in [0.05, 0.1) is 5.69 Å². The minimum atomic E-state index is -0.0927. The Morgan fingerprint density at radius 1 is 1.20 bits per heavy atom. The van der Waals surface area contributed by atoms with Crippen LogP contribution in [0.1, 0.15) is 17.5 Å². The number of pyridine rings is 1. The Kier molecular flexibility index (Phi) is 3.92. The van der Waals surface area contributed by atoms with Gasteiger partial charge in [-0.25, -0.2) is 0 Å². The van der Waals surface area contributed by atoms with Crippen LogP contribution in [0.3, 0.4) is 0 Å². The van der Waals surface area contributed by atoms with E-state index >= 15 is 0 Å². The second-order valence-corrected chi connectivity index (χ2v) is 6.20. The number of rotatable bonds is 3. The third kappa shape index (κ3) is 2.53. The molecule has 0 amide bonds. The van der Waals surface area contributed by atoms with E-state index in [2.05, 4.69) is 42.2 Å². The summed E-state index contributed by atoms with van der Waals surface area (Å²) in [6.07, 6.45) is 1.78. The molecule has 1 aromatic carbocycles. The Morgan fingerprint density at radius 2 is 2.00 bits per heavy atom. The number of para-hydroxylation sites is 1. The summed E-state index contributed by atoms with van der Waals surface area (Å²) in [7, 11) is 1.90. The van der Waals surface area contributed by atoms with Gasteiger partial charge in [-0.15, -0.1) is 0 Å². The van der Waals surface area contributed by atoms with Gasteiger partial charge in [-0.05, 0) is 57.1 Å². The number of nitrogens with one attached hydrogen (secondary N) is 1. The monoisotopic (exact) mass is 394 g/mol. The van der Waals surface area contributed by atoms with Crippen molar-refractivity contribution in [1.82, 2.24) is 10.3 Å². The van der Waals surface area contributed by atoms with Crippen LogP contribution in [0.2, 0.25) is 0 Å². The lowest BCUT2D eigenvalue weighted by molar-refractivity contribution is 0.485. The summed E-state index contributed by atoms with van der Waals surface area (Å²) < 4.78 is 7.80. The number of benzene rings is 1. The van der Waals surface area contributed by atoms with Gasteiger partial charge in [0.2, 0.25) is 0 Å². The lowest BCUT2D eigenvalue weighted by Crippen LogP contribution is -2.18. The molecule has 3 aromatic rings. The van der Waals surface area contributed by atoms with Crippen LogP contribution in [-0.2, 0) is 0 Å². The minimum absolute atomic E-state index is 0.0927. The molecule has 0 fully saturated rings. The van der Waals surface area contributed by atoms with E-state index < -0.39 is 0 Å². The van der Waals surface area contributed by atoms with Crippen molar-refractivity contribution in [3.63, 3.8) is 0 Å². The number of fused-ring (bicyclic) bond motifs is 1. The highest BCUT2D eigenvalue weighted by molar-refractivity contribution is 9.11. The molecule has 0 bridgehead atoms. The van der Waals surface area contributed by atoms with Crippen LogP contribution < -0.4 is 5.32 Å². The molecule has 0 radical (unpaired) electrons. The fourth-order valence-corrected chi connectivity index (χ4v) is 3.41. The van der Waals surface area contributed by atoms with Gasteiger partial charge in [0, 0.05) is 20.5 Å². The van der Waals surface area contributed by atoms with Crippen molar-refractivity contribution >= 4 is 42.8 Å². The fourth-order valence-electron chi connectivity index (χ4n) is 2.20. The average molecular weight is 396 g/mol. The summed E-state index contributed by atoms with van der Waals surface area (Å²) >= 11 is 6.97. The molecule has 3 nitrogen and oxygen atoms in total. The third-order valence-corrected chi connectivity index (χ3v) is 4.20. The number of furan rings is 1. The molecule has 0 saturated carbocycles. The number of hydrogen-bond acceptors (Lipinski definition) is 3. The van der Waals surface area contributed by atoms with Gasteiger partial charge in [0.25, 0.3) is 0 Å². The zero-order valence-corrected chi connectivity index (χ0v) is 13.9. The molecular formula is C15H12Br2N2O. The van der Waals surface area contributed by atoms with Crippen molar-refractivity contribution in [2.45, 2.75) is 6.04 Å².